The summed E-state index contributed by atoms with van der Waals surface area (Å²) in [6.45, 7) is 0. The monoisotopic (exact) mass is 269 g/mol. The van der Waals surface area contributed by atoms with Gasteiger partial charge in [-0.05, 0) is 42.1 Å². The van der Waals surface area contributed by atoms with E-state index in [1.807, 2.05) is 6.08 Å². The Morgan fingerprint density at radius 3 is 2.88 bits per heavy atom. The van der Waals surface area contributed by atoms with E-state index in [0.717, 1.165) is 30.7 Å². The minimum absolute atomic E-state index is 0.169. The van der Waals surface area contributed by atoms with Crippen molar-refractivity contribution >= 4 is 29.1 Å². The maximum absolute atomic E-state index is 11.4. The zero-order chi connectivity index (χ0) is 12.0. The first kappa shape index (κ1) is 11.4. The largest absolute Gasteiger partial charge is 0.350 e. The maximum Gasteiger partial charge on any atom is 0.220 e. The molecule has 0 spiro atoms. The van der Waals surface area contributed by atoms with Crippen molar-refractivity contribution in [2.75, 3.05) is 0 Å². The Labute approximate surface area is 110 Å². The van der Waals surface area contributed by atoms with Gasteiger partial charge >= 0.3 is 0 Å². The third-order valence-corrected chi connectivity index (χ3v) is 4.52. The van der Waals surface area contributed by atoms with Gasteiger partial charge in [0.2, 0.25) is 5.91 Å². The van der Waals surface area contributed by atoms with Crippen LogP contribution < -0.4 is 5.32 Å². The van der Waals surface area contributed by atoms with E-state index in [4.69, 9.17) is 23.2 Å². The van der Waals surface area contributed by atoms with Crippen molar-refractivity contribution in [1.29, 1.82) is 0 Å². The third-order valence-electron chi connectivity index (χ3n) is 3.75. The van der Waals surface area contributed by atoms with Gasteiger partial charge in [0.1, 0.15) is 0 Å². The number of piperidine rings is 1. The highest BCUT2D eigenvalue weighted by atomic mass is 35.5. The Hall–Kier alpha value is -0.730. The summed E-state index contributed by atoms with van der Waals surface area (Å²) in [5, 5.41) is 4.45. The molecule has 17 heavy (non-hydrogen) atoms. The van der Waals surface area contributed by atoms with E-state index in [9.17, 15) is 4.79 Å². The zero-order valence-electron chi connectivity index (χ0n) is 9.35. The first-order valence-electron chi connectivity index (χ1n) is 5.91. The molecule has 1 heterocycles. The summed E-state index contributed by atoms with van der Waals surface area (Å²) in [6, 6.07) is 0.227. The summed E-state index contributed by atoms with van der Waals surface area (Å²) in [7, 11) is 0. The molecule has 4 heteroatoms. The van der Waals surface area contributed by atoms with Crippen LogP contribution in [0, 0.1) is 0 Å². The van der Waals surface area contributed by atoms with Crippen molar-refractivity contribution in [3.05, 3.63) is 32.9 Å². The molecule has 90 valence electrons. The second kappa shape index (κ2) is 4.18. The molecule has 1 aliphatic heterocycles. The van der Waals surface area contributed by atoms with Crippen LogP contribution in [0.1, 0.15) is 32.1 Å². The van der Waals surface area contributed by atoms with Crippen molar-refractivity contribution in [1.82, 2.24) is 5.32 Å². The lowest BCUT2D eigenvalue weighted by molar-refractivity contribution is -0.122. The summed E-state index contributed by atoms with van der Waals surface area (Å²) < 4.78 is 0. The SMILES string of the molecule is O=C1CCC2=C3CC(Cl)=C(Cl)C=C3CCC2N1. The van der Waals surface area contributed by atoms with Crippen LogP contribution in [0.4, 0.5) is 0 Å². The van der Waals surface area contributed by atoms with Gasteiger partial charge in [0.25, 0.3) is 0 Å². The molecule has 0 radical (unpaired) electrons. The average molecular weight is 270 g/mol. The summed E-state index contributed by atoms with van der Waals surface area (Å²) in [6.07, 6.45) is 6.14. The number of carbonyl (C=O) groups is 1. The van der Waals surface area contributed by atoms with Crippen LogP contribution in [0.2, 0.25) is 0 Å². The lowest BCUT2D eigenvalue weighted by atomic mass is 9.77. The topological polar surface area (TPSA) is 29.1 Å². The Balaban J connectivity index is 2.01. The van der Waals surface area contributed by atoms with Gasteiger partial charge in [-0.15, -0.1) is 0 Å². The first-order chi connectivity index (χ1) is 8.15. The summed E-state index contributed by atoms with van der Waals surface area (Å²) in [4.78, 5) is 11.4. The Morgan fingerprint density at radius 2 is 2.06 bits per heavy atom. The van der Waals surface area contributed by atoms with Gasteiger partial charge in [0, 0.05) is 17.9 Å². The molecule has 0 saturated carbocycles. The molecule has 1 amide bonds. The Bertz CT molecular complexity index is 488. The molecule has 3 rings (SSSR count). The number of fused-ring (bicyclic) bond motifs is 2. The molecular formula is C13H13Cl2NO. The van der Waals surface area contributed by atoms with Crippen LogP contribution in [0.5, 0.6) is 0 Å². The van der Waals surface area contributed by atoms with Gasteiger partial charge in [-0.3, -0.25) is 4.79 Å². The number of amides is 1. The predicted molar refractivity (Wildman–Crippen MR) is 68.9 cm³/mol. The molecule has 0 aromatic heterocycles. The number of halogens is 2. The van der Waals surface area contributed by atoms with E-state index >= 15 is 0 Å². The molecule has 2 nitrogen and oxygen atoms in total. The summed E-state index contributed by atoms with van der Waals surface area (Å²) in [5.41, 5.74) is 3.99. The van der Waals surface area contributed by atoms with E-state index in [0.29, 0.717) is 11.5 Å². The number of allylic oxidation sites excluding steroid dienone is 5. The minimum Gasteiger partial charge on any atom is -0.350 e. The number of nitrogens with one attached hydrogen (secondary N) is 1. The lowest BCUT2D eigenvalue weighted by Crippen LogP contribution is -2.42. The van der Waals surface area contributed by atoms with Crippen molar-refractivity contribution in [3.8, 4) is 0 Å². The molecule has 0 aromatic rings. The number of carbonyl (C=O) groups excluding carboxylic acids is 1. The van der Waals surface area contributed by atoms with Crippen LogP contribution in [-0.4, -0.2) is 11.9 Å². The summed E-state index contributed by atoms with van der Waals surface area (Å²) in [5.74, 6) is 0.169. The van der Waals surface area contributed by atoms with Gasteiger partial charge in [-0.25, -0.2) is 0 Å². The van der Waals surface area contributed by atoms with Gasteiger partial charge in [0.05, 0.1) is 11.1 Å². The lowest BCUT2D eigenvalue weighted by Gasteiger charge is -2.35. The van der Waals surface area contributed by atoms with E-state index in [1.54, 1.807) is 0 Å². The fraction of sp³-hybridized carbons (Fsp3) is 0.462. The smallest absolute Gasteiger partial charge is 0.220 e. The predicted octanol–water partition coefficient (Wildman–Crippen LogP) is 3.37. The van der Waals surface area contributed by atoms with Crippen molar-refractivity contribution in [2.24, 2.45) is 0 Å². The first-order valence-corrected chi connectivity index (χ1v) is 6.67. The van der Waals surface area contributed by atoms with Crippen LogP contribution in [-0.2, 0) is 4.79 Å². The van der Waals surface area contributed by atoms with Crippen LogP contribution in [0.3, 0.4) is 0 Å². The molecule has 1 fully saturated rings. The third kappa shape index (κ3) is 1.94. The average Bonchev–Trinajstić information content (AvgIpc) is 2.30. The molecule has 1 unspecified atom stereocenters. The second-order valence-electron chi connectivity index (χ2n) is 4.76. The van der Waals surface area contributed by atoms with Crippen molar-refractivity contribution < 1.29 is 4.79 Å². The van der Waals surface area contributed by atoms with Crippen molar-refractivity contribution in [2.45, 2.75) is 38.1 Å². The molecule has 1 saturated heterocycles. The Kier molecular flexibility index (Phi) is 2.80. The van der Waals surface area contributed by atoms with E-state index in [1.165, 1.54) is 16.7 Å². The molecule has 0 aromatic carbocycles. The van der Waals surface area contributed by atoms with E-state index < -0.39 is 0 Å². The highest BCUT2D eigenvalue weighted by Crippen LogP contribution is 2.42. The van der Waals surface area contributed by atoms with Crippen LogP contribution in [0.15, 0.2) is 32.9 Å². The van der Waals surface area contributed by atoms with Gasteiger partial charge in [-0.1, -0.05) is 23.2 Å². The standard InChI is InChI=1S/C13H13Cl2NO/c14-10-5-7-1-3-12-8(2-4-13(17)16-12)9(7)6-11(10)15/h5,12H,1-4,6H2,(H,16,17). The number of hydrogen-bond acceptors (Lipinski definition) is 1. The zero-order valence-corrected chi connectivity index (χ0v) is 10.9. The Morgan fingerprint density at radius 1 is 1.24 bits per heavy atom. The van der Waals surface area contributed by atoms with E-state index in [2.05, 4.69) is 5.32 Å². The molecule has 1 N–H and O–H groups in total. The second-order valence-corrected chi connectivity index (χ2v) is 5.63. The van der Waals surface area contributed by atoms with Gasteiger partial charge < -0.3 is 5.32 Å². The molecule has 2 aliphatic carbocycles. The summed E-state index contributed by atoms with van der Waals surface area (Å²) >= 11 is 12.2. The number of rotatable bonds is 0. The number of hydrogen-bond donors (Lipinski definition) is 1. The maximum atomic E-state index is 11.4. The molecule has 3 aliphatic rings. The van der Waals surface area contributed by atoms with Crippen LogP contribution >= 0.6 is 23.2 Å². The van der Waals surface area contributed by atoms with Gasteiger partial charge in [0.15, 0.2) is 0 Å². The highest BCUT2D eigenvalue weighted by molar-refractivity contribution is 6.40. The normalized spacial score (nSPS) is 28.5. The highest BCUT2D eigenvalue weighted by Gasteiger charge is 2.32. The fourth-order valence-electron chi connectivity index (χ4n) is 2.90. The molecular weight excluding hydrogens is 257 g/mol. The van der Waals surface area contributed by atoms with Crippen LogP contribution in [0.25, 0.3) is 0 Å². The quantitative estimate of drug-likeness (QED) is 0.718. The van der Waals surface area contributed by atoms with E-state index in [-0.39, 0.29) is 11.9 Å². The minimum atomic E-state index is 0.169. The molecule has 0 bridgehead atoms. The fourth-order valence-corrected chi connectivity index (χ4v) is 3.28. The van der Waals surface area contributed by atoms with Gasteiger partial charge in [-0.2, -0.15) is 0 Å². The van der Waals surface area contributed by atoms with Crippen molar-refractivity contribution in [3.63, 3.8) is 0 Å². The molecule has 1 atom stereocenters.